The minimum Gasteiger partial charge on any atom is -0.497 e. The zero-order chi connectivity index (χ0) is 25.1. The van der Waals surface area contributed by atoms with Gasteiger partial charge in [-0.05, 0) is 36.1 Å². The molecule has 1 aromatic heterocycles. The van der Waals surface area contributed by atoms with Crippen LogP contribution >= 0.6 is 0 Å². The van der Waals surface area contributed by atoms with E-state index in [9.17, 15) is 14.4 Å². The van der Waals surface area contributed by atoms with E-state index in [1.54, 1.807) is 48.4 Å². The van der Waals surface area contributed by atoms with Gasteiger partial charge in [-0.2, -0.15) is 0 Å². The first-order valence-corrected chi connectivity index (χ1v) is 12.2. The molecule has 0 aliphatic carbocycles. The number of nitrogens with one attached hydrogen (secondary N) is 2. The van der Waals surface area contributed by atoms with E-state index in [0.717, 1.165) is 17.7 Å². The lowest BCUT2D eigenvalue weighted by Gasteiger charge is -2.43. The number of rotatable bonds is 6. The molecule has 3 atom stereocenters. The summed E-state index contributed by atoms with van der Waals surface area (Å²) >= 11 is 0. The first kappa shape index (κ1) is 23.7. The van der Waals surface area contributed by atoms with Crippen molar-refractivity contribution in [3.8, 4) is 5.75 Å². The standard InChI is InChI=1S/C28H30N4O4/c1-36-23-10-5-9-22(15-23)29-27(34)24(14-19-7-3-2-4-8-19)30-28(35)31-16-20-13-21(18-31)25-11-6-12-26(33)32(25)17-20/h2-12,15,20-21,24H,13-14,16-18H2,1H3,(H,29,34)(H,30,35)/t20-,21+,24+/m1/s1. The molecule has 186 valence electrons. The van der Waals surface area contributed by atoms with Crippen LogP contribution in [0.25, 0.3) is 0 Å². The molecule has 1 saturated heterocycles. The van der Waals surface area contributed by atoms with Gasteiger partial charge in [0.2, 0.25) is 5.91 Å². The van der Waals surface area contributed by atoms with E-state index >= 15 is 0 Å². The molecule has 36 heavy (non-hydrogen) atoms. The number of likely N-dealkylation sites (tertiary alicyclic amines) is 1. The second kappa shape index (κ2) is 10.3. The quantitative estimate of drug-likeness (QED) is 0.560. The van der Waals surface area contributed by atoms with E-state index in [1.165, 1.54) is 0 Å². The summed E-state index contributed by atoms with van der Waals surface area (Å²) in [6.07, 6.45) is 1.32. The molecule has 1 fully saturated rings. The number of ether oxygens (including phenoxy) is 1. The Balaban J connectivity index is 1.32. The summed E-state index contributed by atoms with van der Waals surface area (Å²) in [5.41, 5.74) is 2.54. The second-order valence-corrected chi connectivity index (χ2v) is 9.52. The highest BCUT2D eigenvalue weighted by Crippen LogP contribution is 2.35. The van der Waals surface area contributed by atoms with E-state index in [1.807, 2.05) is 41.0 Å². The number of amides is 3. The molecule has 2 aromatic carbocycles. The van der Waals surface area contributed by atoms with E-state index in [2.05, 4.69) is 10.6 Å². The Labute approximate surface area is 209 Å². The summed E-state index contributed by atoms with van der Waals surface area (Å²) in [5.74, 6) is 0.654. The van der Waals surface area contributed by atoms with Gasteiger partial charge in [0.05, 0.1) is 7.11 Å². The van der Waals surface area contributed by atoms with Crippen molar-refractivity contribution in [2.45, 2.75) is 31.3 Å². The van der Waals surface area contributed by atoms with Gasteiger partial charge in [-0.3, -0.25) is 9.59 Å². The molecule has 8 heteroatoms. The van der Waals surface area contributed by atoms with Gasteiger partial charge >= 0.3 is 6.03 Å². The SMILES string of the molecule is COc1cccc(NC(=O)[C@H](Cc2ccccc2)NC(=O)N2C[C@H]3C[C@@H](C2)c2cccc(=O)n2C3)c1. The maximum absolute atomic E-state index is 13.4. The summed E-state index contributed by atoms with van der Waals surface area (Å²) in [6, 6.07) is 21.1. The minimum absolute atomic E-state index is 0.0113. The Morgan fingerprint density at radius 1 is 1.00 bits per heavy atom. The van der Waals surface area contributed by atoms with Gasteiger partial charge in [0.25, 0.3) is 5.56 Å². The summed E-state index contributed by atoms with van der Waals surface area (Å²) in [7, 11) is 1.57. The zero-order valence-corrected chi connectivity index (χ0v) is 20.2. The predicted molar refractivity (Wildman–Crippen MR) is 137 cm³/mol. The molecule has 8 nitrogen and oxygen atoms in total. The fraction of sp³-hybridized carbons (Fsp3) is 0.321. The van der Waals surface area contributed by atoms with Crippen molar-refractivity contribution in [1.29, 1.82) is 0 Å². The predicted octanol–water partition coefficient (Wildman–Crippen LogP) is 3.24. The van der Waals surface area contributed by atoms with E-state index in [4.69, 9.17) is 4.74 Å². The van der Waals surface area contributed by atoms with Crippen LogP contribution in [0.15, 0.2) is 77.6 Å². The van der Waals surface area contributed by atoms with Gasteiger partial charge in [-0.1, -0.05) is 42.5 Å². The molecule has 5 rings (SSSR count). The van der Waals surface area contributed by atoms with Crippen LogP contribution in [-0.2, 0) is 17.8 Å². The molecular weight excluding hydrogens is 456 g/mol. The summed E-state index contributed by atoms with van der Waals surface area (Å²) in [4.78, 5) is 40.8. The largest absolute Gasteiger partial charge is 0.497 e. The van der Waals surface area contributed by atoms with Gasteiger partial charge < -0.3 is 24.8 Å². The van der Waals surface area contributed by atoms with Crippen LogP contribution in [0.5, 0.6) is 5.75 Å². The molecule has 0 unspecified atom stereocenters. The van der Waals surface area contributed by atoms with Crippen LogP contribution < -0.4 is 20.9 Å². The number of carbonyl (C=O) groups excluding carboxylic acids is 2. The maximum Gasteiger partial charge on any atom is 0.318 e. The number of aromatic nitrogens is 1. The van der Waals surface area contributed by atoms with Crippen LogP contribution in [0.3, 0.4) is 0 Å². The van der Waals surface area contributed by atoms with Gasteiger partial charge in [-0.25, -0.2) is 4.79 Å². The fourth-order valence-corrected chi connectivity index (χ4v) is 5.29. The number of carbonyl (C=O) groups is 2. The average Bonchev–Trinajstić information content (AvgIpc) is 2.89. The Bertz CT molecular complexity index is 1310. The van der Waals surface area contributed by atoms with Crippen LogP contribution in [0.1, 0.15) is 23.6 Å². The lowest BCUT2D eigenvalue weighted by atomic mass is 9.83. The first-order chi connectivity index (χ1) is 17.5. The lowest BCUT2D eigenvalue weighted by molar-refractivity contribution is -0.118. The van der Waals surface area contributed by atoms with Crippen molar-refractivity contribution in [1.82, 2.24) is 14.8 Å². The number of anilines is 1. The van der Waals surface area contributed by atoms with Crippen LogP contribution in [-0.4, -0.2) is 47.6 Å². The summed E-state index contributed by atoms with van der Waals surface area (Å²) in [5, 5.41) is 5.90. The van der Waals surface area contributed by atoms with Gasteiger partial charge in [0.1, 0.15) is 11.8 Å². The zero-order valence-electron chi connectivity index (χ0n) is 20.2. The number of piperidine rings is 1. The number of nitrogens with zero attached hydrogens (tertiary/aromatic N) is 2. The van der Waals surface area contributed by atoms with E-state index in [-0.39, 0.29) is 29.3 Å². The average molecular weight is 487 g/mol. The first-order valence-electron chi connectivity index (χ1n) is 12.2. The van der Waals surface area contributed by atoms with Gasteiger partial charge in [0.15, 0.2) is 0 Å². The molecule has 0 saturated carbocycles. The Morgan fingerprint density at radius 2 is 1.81 bits per heavy atom. The molecule has 2 aliphatic heterocycles. The van der Waals surface area contributed by atoms with E-state index < -0.39 is 6.04 Å². The van der Waals surface area contributed by atoms with Gasteiger partial charge in [0, 0.05) is 55.5 Å². The molecule has 3 aromatic rings. The number of methoxy groups -OCH3 is 1. The highest BCUT2D eigenvalue weighted by Gasteiger charge is 2.37. The van der Waals surface area contributed by atoms with Crippen LogP contribution in [0, 0.1) is 5.92 Å². The van der Waals surface area contributed by atoms with Crippen LogP contribution in [0.2, 0.25) is 0 Å². The summed E-state index contributed by atoms with van der Waals surface area (Å²) in [6.45, 7) is 1.68. The number of urea groups is 1. The van der Waals surface area contributed by atoms with Crippen molar-refractivity contribution in [3.05, 3.63) is 94.4 Å². The van der Waals surface area contributed by atoms with Crippen molar-refractivity contribution >= 4 is 17.6 Å². The number of pyridine rings is 1. The Kier molecular flexibility index (Phi) is 6.75. The highest BCUT2D eigenvalue weighted by atomic mass is 16.5. The third-order valence-electron chi connectivity index (χ3n) is 7.00. The molecule has 3 amide bonds. The minimum atomic E-state index is -0.761. The normalized spacial score (nSPS) is 19.1. The smallest absolute Gasteiger partial charge is 0.318 e. The van der Waals surface area contributed by atoms with Gasteiger partial charge in [-0.15, -0.1) is 0 Å². The molecular formula is C28H30N4O4. The third kappa shape index (κ3) is 5.12. The Hall–Kier alpha value is -4.07. The molecule has 2 N–H and O–H groups in total. The summed E-state index contributed by atoms with van der Waals surface area (Å²) < 4.78 is 7.10. The van der Waals surface area contributed by atoms with Crippen LogP contribution in [0.4, 0.5) is 10.5 Å². The molecule has 0 radical (unpaired) electrons. The molecule has 3 heterocycles. The second-order valence-electron chi connectivity index (χ2n) is 9.52. The number of hydrogen-bond donors (Lipinski definition) is 2. The number of hydrogen-bond acceptors (Lipinski definition) is 4. The van der Waals surface area contributed by atoms with Crippen molar-refractivity contribution in [2.75, 3.05) is 25.5 Å². The molecule has 0 spiro atoms. The molecule has 2 aliphatic rings. The van der Waals surface area contributed by atoms with Crippen molar-refractivity contribution in [2.24, 2.45) is 5.92 Å². The Morgan fingerprint density at radius 3 is 2.61 bits per heavy atom. The topological polar surface area (TPSA) is 92.7 Å². The van der Waals surface area contributed by atoms with E-state index in [0.29, 0.717) is 37.5 Å². The maximum atomic E-state index is 13.4. The van der Waals surface area contributed by atoms with Crippen molar-refractivity contribution in [3.63, 3.8) is 0 Å². The van der Waals surface area contributed by atoms with Crippen molar-refractivity contribution < 1.29 is 14.3 Å². The lowest BCUT2D eigenvalue weighted by Crippen LogP contribution is -2.55. The number of fused-ring (bicyclic) bond motifs is 4. The number of benzene rings is 2. The molecule has 2 bridgehead atoms. The highest BCUT2D eigenvalue weighted by molar-refractivity contribution is 5.97. The fourth-order valence-electron chi connectivity index (χ4n) is 5.29. The monoisotopic (exact) mass is 486 g/mol. The third-order valence-corrected chi connectivity index (χ3v) is 7.00.